The summed E-state index contributed by atoms with van der Waals surface area (Å²) >= 11 is 0. The minimum atomic E-state index is -0.458. The summed E-state index contributed by atoms with van der Waals surface area (Å²) in [6.45, 7) is 4.74. The molecule has 0 amide bonds. The number of rotatable bonds is 5. The Balaban J connectivity index is 2.46. The van der Waals surface area contributed by atoms with Crippen molar-refractivity contribution in [2.24, 2.45) is 0 Å². The van der Waals surface area contributed by atoms with E-state index in [0.29, 0.717) is 12.0 Å². The summed E-state index contributed by atoms with van der Waals surface area (Å²) in [5.41, 5.74) is 1.47. The van der Waals surface area contributed by atoms with Gasteiger partial charge in [-0.3, -0.25) is 9.59 Å². The minimum absolute atomic E-state index is 0.221. The Labute approximate surface area is 94.7 Å². The lowest BCUT2D eigenvalue weighted by atomic mass is 10.0. The molecule has 84 valence electrons. The number of carbonyl (C=O) groups excluding carboxylic acids is 2. The maximum absolute atomic E-state index is 11.5. The van der Waals surface area contributed by atoms with Crippen molar-refractivity contribution in [3.63, 3.8) is 0 Å². The van der Waals surface area contributed by atoms with Crippen molar-refractivity contribution in [3.8, 4) is 0 Å². The molecule has 0 unspecified atom stereocenters. The largest absolute Gasteiger partial charge is 0.457 e. The molecule has 0 aromatic heterocycles. The summed E-state index contributed by atoms with van der Waals surface area (Å²) in [5, 5.41) is 0. The van der Waals surface area contributed by atoms with Gasteiger partial charge in [-0.25, -0.2) is 0 Å². The third-order valence-corrected chi connectivity index (χ3v) is 2.06. The van der Waals surface area contributed by atoms with E-state index in [1.54, 1.807) is 0 Å². The fraction of sp³-hybridized carbons (Fsp3) is 0.231. The lowest BCUT2D eigenvalue weighted by Gasteiger charge is -2.05. The number of ketones is 1. The molecule has 0 bridgehead atoms. The standard InChI is InChI=1S/C13H14O3/c1-10(13(15)9-16-11(2)14)8-12-6-4-3-5-7-12/h3-7H,1,8-9H2,2H3. The van der Waals surface area contributed by atoms with Gasteiger partial charge in [0, 0.05) is 13.3 Å². The van der Waals surface area contributed by atoms with Crippen molar-refractivity contribution < 1.29 is 14.3 Å². The predicted octanol–water partition coefficient (Wildman–Crippen LogP) is 1.92. The van der Waals surface area contributed by atoms with Crippen LogP contribution in [0.15, 0.2) is 42.5 Å². The van der Waals surface area contributed by atoms with E-state index in [2.05, 4.69) is 11.3 Å². The average Bonchev–Trinajstić information content (AvgIpc) is 2.27. The molecule has 0 atom stereocenters. The minimum Gasteiger partial charge on any atom is -0.457 e. The van der Waals surface area contributed by atoms with Gasteiger partial charge in [0.2, 0.25) is 0 Å². The number of hydrogen-bond acceptors (Lipinski definition) is 3. The molecule has 1 aromatic rings. The van der Waals surface area contributed by atoms with Crippen molar-refractivity contribution in [2.75, 3.05) is 6.61 Å². The number of hydrogen-bond donors (Lipinski definition) is 0. The summed E-state index contributed by atoms with van der Waals surface area (Å²) in [5.74, 6) is -0.695. The summed E-state index contributed by atoms with van der Waals surface area (Å²) < 4.78 is 4.61. The van der Waals surface area contributed by atoms with Crippen LogP contribution in [0.3, 0.4) is 0 Å². The van der Waals surface area contributed by atoms with Crippen LogP contribution in [0, 0.1) is 0 Å². The second kappa shape index (κ2) is 5.85. The van der Waals surface area contributed by atoms with Crippen LogP contribution in [0.25, 0.3) is 0 Å². The molecule has 0 heterocycles. The zero-order chi connectivity index (χ0) is 12.0. The molecule has 0 saturated heterocycles. The zero-order valence-electron chi connectivity index (χ0n) is 9.23. The van der Waals surface area contributed by atoms with Crippen LogP contribution in [0.5, 0.6) is 0 Å². The van der Waals surface area contributed by atoms with Crippen LogP contribution in [-0.4, -0.2) is 18.4 Å². The fourth-order valence-electron chi connectivity index (χ4n) is 1.21. The highest BCUT2D eigenvalue weighted by Gasteiger charge is 2.09. The van der Waals surface area contributed by atoms with Crippen molar-refractivity contribution in [1.29, 1.82) is 0 Å². The van der Waals surface area contributed by atoms with E-state index in [1.807, 2.05) is 30.3 Å². The Bertz CT molecular complexity index is 393. The summed E-state index contributed by atoms with van der Waals surface area (Å²) in [6, 6.07) is 9.56. The molecule has 0 N–H and O–H groups in total. The molecule has 16 heavy (non-hydrogen) atoms. The maximum atomic E-state index is 11.5. The van der Waals surface area contributed by atoms with Gasteiger partial charge in [-0.1, -0.05) is 36.9 Å². The average molecular weight is 218 g/mol. The number of benzene rings is 1. The van der Waals surface area contributed by atoms with Crippen LogP contribution in [0.1, 0.15) is 12.5 Å². The molecule has 0 aliphatic heterocycles. The topological polar surface area (TPSA) is 43.4 Å². The normalized spacial score (nSPS) is 9.56. The third-order valence-electron chi connectivity index (χ3n) is 2.06. The van der Waals surface area contributed by atoms with Gasteiger partial charge in [-0.2, -0.15) is 0 Å². The van der Waals surface area contributed by atoms with Crippen molar-refractivity contribution >= 4 is 11.8 Å². The van der Waals surface area contributed by atoms with Crippen LogP contribution in [0.2, 0.25) is 0 Å². The smallest absolute Gasteiger partial charge is 0.303 e. The second-order valence-corrected chi connectivity index (χ2v) is 3.47. The van der Waals surface area contributed by atoms with Gasteiger partial charge >= 0.3 is 5.97 Å². The molecule has 1 aromatic carbocycles. The Morgan fingerprint density at radius 1 is 1.25 bits per heavy atom. The Hall–Kier alpha value is -1.90. The van der Waals surface area contributed by atoms with Crippen LogP contribution >= 0.6 is 0 Å². The number of ether oxygens (including phenoxy) is 1. The van der Waals surface area contributed by atoms with E-state index >= 15 is 0 Å². The molecule has 3 nitrogen and oxygen atoms in total. The zero-order valence-corrected chi connectivity index (χ0v) is 9.23. The van der Waals surface area contributed by atoms with Crippen molar-refractivity contribution in [1.82, 2.24) is 0 Å². The molecule has 0 aliphatic rings. The van der Waals surface area contributed by atoms with E-state index in [-0.39, 0.29) is 12.4 Å². The van der Waals surface area contributed by atoms with Gasteiger partial charge < -0.3 is 4.74 Å². The highest BCUT2D eigenvalue weighted by Crippen LogP contribution is 2.07. The number of carbonyl (C=O) groups is 2. The second-order valence-electron chi connectivity index (χ2n) is 3.47. The predicted molar refractivity (Wildman–Crippen MR) is 60.9 cm³/mol. The molecule has 0 spiro atoms. The Morgan fingerprint density at radius 2 is 1.88 bits per heavy atom. The molecule has 0 aliphatic carbocycles. The third kappa shape index (κ3) is 4.09. The molecule has 0 saturated carbocycles. The monoisotopic (exact) mass is 218 g/mol. The highest BCUT2D eigenvalue weighted by atomic mass is 16.5. The van der Waals surface area contributed by atoms with Crippen molar-refractivity contribution in [2.45, 2.75) is 13.3 Å². The van der Waals surface area contributed by atoms with Crippen molar-refractivity contribution in [3.05, 3.63) is 48.0 Å². The van der Waals surface area contributed by atoms with Gasteiger partial charge in [-0.15, -0.1) is 0 Å². The van der Waals surface area contributed by atoms with Crippen LogP contribution in [-0.2, 0) is 20.7 Å². The van der Waals surface area contributed by atoms with Gasteiger partial charge in [0.05, 0.1) is 0 Å². The van der Waals surface area contributed by atoms with E-state index in [1.165, 1.54) is 6.92 Å². The highest BCUT2D eigenvalue weighted by molar-refractivity contribution is 5.96. The first-order valence-corrected chi connectivity index (χ1v) is 4.98. The van der Waals surface area contributed by atoms with E-state index in [9.17, 15) is 9.59 Å². The fourth-order valence-corrected chi connectivity index (χ4v) is 1.21. The number of esters is 1. The van der Waals surface area contributed by atoms with E-state index in [4.69, 9.17) is 0 Å². The first kappa shape index (κ1) is 12.2. The van der Waals surface area contributed by atoms with Crippen LogP contribution in [0.4, 0.5) is 0 Å². The molecule has 0 radical (unpaired) electrons. The van der Waals surface area contributed by atoms with E-state index < -0.39 is 5.97 Å². The lowest BCUT2D eigenvalue weighted by Crippen LogP contribution is -2.14. The summed E-state index contributed by atoms with van der Waals surface area (Å²) in [6.07, 6.45) is 0.487. The quantitative estimate of drug-likeness (QED) is 0.560. The Morgan fingerprint density at radius 3 is 2.44 bits per heavy atom. The van der Waals surface area contributed by atoms with Gasteiger partial charge in [-0.05, 0) is 11.1 Å². The Kier molecular flexibility index (Phi) is 4.45. The first-order valence-electron chi connectivity index (χ1n) is 4.98. The molecule has 1 rings (SSSR count). The first-order chi connectivity index (χ1) is 7.59. The van der Waals surface area contributed by atoms with E-state index in [0.717, 1.165) is 5.56 Å². The molecular formula is C13H14O3. The van der Waals surface area contributed by atoms with Gasteiger partial charge in [0.25, 0.3) is 0 Å². The summed E-state index contributed by atoms with van der Waals surface area (Å²) in [4.78, 5) is 22.0. The van der Waals surface area contributed by atoms with Gasteiger partial charge in [0.1, 0.15) is 0 Å². The maximum Gasteiger partial charge on any atom is 0.303 e. The lowest BCUT2D eigenvalue weighted by molar-refractivity contribution is -0.144. The SMILES string of the molecule is C=C(Cc1ccccc1)C(=O)COC(C)=O. The molecule has 3 heteroatoms. The number of Topliss-reactive ketones (excluding diaryl/α,β-unsaturated/α-hetero) is 1. The summed E-state index contributed by atoms with van der Waals surface area (Å²) in [7, 11) is 0. The molecular weight excluding hydrogens is 204 g/mol. The van der Waals surface area contributed by atoms with Gasteiger partial charge in [0.15, 0.2) is 12.4 Å². The van der Waals surface area contributed by atoms with Crippen LogP contribution < -0.4 is 0 Å². The molecule has 0 fully saturated rings.